The van der Waals surface area contributed by atoms with Gasteiger partial charge in [0, 0.05) is 6.42 Å². The first-order valence-electron chi connectivity index (χ1n) is 34.0. The molecule has 0 aromatic carbocycles. The number of nitrogens with one attached hydrogen (secondary N) is 1. The lowest BCUT2D eigenvalue weighted by atomic mass is 10.0. The maximum absolute atomic E-state index is 12.5. The van der Waals surface area contributed by atoms with Gasteiger partial charge < -0.3 is 15.5 Å². The minimum atomic E-state index is -0.864. The second kappa shape index (κ2) is 66.4. The van der Waals surface area contributed by atoms with Gasteiger partial charge in [-0.2, -0.15) is 0 Å². The third-order valence-corrected chi connectivity index (χ3v) is 15.7. The monoisotopic (exact) mass is 1050 g/mol. The summed E-state index contributed by atoms with van der Waals surface area (Å²) in [6, 6.07) is -0.641. The van der Waals surface area contributed by atoms with Gasteiger partial charge in [-0.05, 0) is 70.6 Å². The Kier molecular flexibility index (Phi) is 64.7. The molecule has 0 bridgehead atoms. The highest BCUT2D eigenvalue weighted by Gasteiger charge is 2.18. The van der Waals surface area contributed by atoms with Crippen molar-refractivity contribution >= 4 is 5.91 Å². The van der Waals surface area contributed by atoms with E-state index in [1.165, 1.54) is 302 Å². The Bertz CT molecular complexity index is 1230. The average Bonchev–Trinajstić information content (AvgIpc) is 3.41. The maximum Gasteiger partial charge on any atom is 0.220 e. The van der Waals surface area contributed by atoms with Gasteiger partial charge in [-0.25, -0.2) is 0 Å². The molecule has 2 unspecified atom stereocenters. The molecule has 0 spiro atoms. The van der Waals surface area contributed by atoms with Gasteiger partial charge in [0.15, 0.2) is 0 Å². The summed E-state index contributed by atoms with van der Waals surface area (Å²) in [7, 11) is 0. The number of hydrogen-bond donors (Lipinski definition) is 3. The first-order chi connectivity index (χ1) is 37.2. The van der Waals surface area contributed by atoms with Crippen LogP contribution in [0.3, 0.4) is 0 Å². The minimum absolute atomic E-state index is 0.0676. The number of unbranched alkanes of at least 4 members (excludes halogenated alkanes) is 48. The quantitative estimate of drug-likeness (QED) is 0.0420. The van der Waals surface area contributed by atoms with E-state index in [1.807, 2.05) is 6.08 Å². The zero-order chi connectivity index (χ0) is 54.1. The predicted octanol–water partition coefficient (Wildman–Crippen LogP) is 23.1. The number of aliphatic hydroxyl groups excluding tert-OH is 2. The van der Waals surface area contributed by atoms with Crippen LogP contribution >= 0.6 is 0 Å². The van der Waals surface area contributed by atoms with Crippen LogP contribution in [0.5, 0.6) is 0 Å². The fourth-order valence-electron chi connectivity index (χ4n) is 10.6. The molecule has 2 atom stereocenters. The number of rotatable bonds is 63. The first-order valence-corrected chi connectivity index (χ1v) is 34.0. The van der Waals surface area contributed by atoms with Crippen molar-refractivity contribution in [3.05, 3.63) is 60.8 Å². The third-order valence-electron chi connectivity index (χ3n) is 15.7. The molecule has 0 aromatic heterocycles. The standard InChI is InChI=1S/C71H133NO3/c1-3-5-7-9-11-13-15-17-19-21-23-25-27-29-31-32-33-34-35-36-37-38-39-40-41-43-45-47-49-51-53-55-57-59-61-63-65-67-71(75)72-69(68-73)70(74)66-64-62-60-58-56-54-52-50-48-46-44-42-30-28-26-24-22-20-18-16-14-12-10-8-6-4-2/h15,17,21,23,27,29,56,58,64,66,69-70,73-74H,3-14,16,18-20,22,24-26,28,30-55,57,59-63,65,67-68H2,1-2H3,(H,72,75)/b17-15-,23-21-,29-27-,58-56+,66-64+. The van der Waals surface area contributed by atoms with Crippen molar-refractivity contribution in [2.45, 2.75) is 379 Å². The van der Waals surface area contributed by atoms with E-state index >= 15 is 0 Å². The molecule has 0 heterocycles. The summed E-state index contributed by atoms with van der Waals surface area (Å²) < 4.78 is 0. The van der Waals surface area contributed by atoms with E-state index in [2.05, 4.69) is 67.8 Å². The highest BCUT2D eigenvalue weighted by molar-refractivity contribution is 5.76. The maximum atomic E-state index is 12.5. The Labute approximate surface area is 470 Å². The fourth-order valence-corrected chi connectivity index (χ4v) is 10.6. The lowest BCUT2D eigenvalue weighted by molar-refractivity contribution is -0.123. The van der Waals surface area contributed by atoms with Gasteiger partial charge in [0.2, 0.25) is 5.91 Å². The van der Waals surface area contributed by atoms with Crippen molar-refractivity contribution in [2.75, 3.05) is 6.61 Å². The van der Waals surface area contributed by atoms with Crippen LogP contribution < -0.4 is 5.32 Å². The van der Waals surface area contributed by atoms with Crippen molar-refractivity contribution in [3.63, 3.8) is 0 Å². The van der Waals surface area contributed by atoms with Crippen LogP contribution in [0, 0.1) is 0 Å². The van der Waals surface area contributed by atoms with Gasteiger partial charge in [-0.3, -0.25) is 4.79 Å². The van der Waals surface area contributed by atoms with Gasteiger partial charge in [0.1, 0.15) is 0 Å². The molecule has 0 fully saturated rings. The number of amides is 1. The van der Waals surface area contributed by atoms with Gasteiger partial charge in [0.25, 0.3) is 0 Å². The molecule has 0 saturated heterocycles. The van der Waals surface area contributed by atoms with Crippen LogP contribution in [0.15, 0.2) is 60.8 Å². The van der Waals surface area contributed by atoms with E-state index in [1.54, 1.807) is 6.08 Å². The number of carbonyl (C=O) groups is 1. The van der Waals surface area contributed by atoms with Gasteiger partial charge in [-0.15, -0.1) is 0 Å². The molecule has 1 amide bonds. The summed E-state index contributed by atoms with van der Waals surface area (Å²) in [5.74, 6) is -0.0676. The highest BCUT2D eigenvalue weighted by atomic mass is 16.3. The zero-order valence-electron chi connectivity index (χ0n) is 50.8. The van der Waals surface area contributed by atoms with Crippen LogP contribution in [0.1, 0.15) is 367 Å². The van der Waals surface area contributed by atoms with E-state index < -0.39 is 12.1 Å². The Balaban J connectivity index is 3.46. The van der Waals surface area contributed by atoms with E-state index in [0.29, 0.717) is 6.42 Å². The third kappa shape index (κ3) is 62.8. The van der Waals surface area contributed by atoms with Crippen molar-refractivity contribution in [1.29, 1.82) is 0 Å². The Hall–Kier alpha value is -1.91. The lowest BCUT2D eigenvalue weighted by Gasteiger charge is -2.19. The molecule has 3 N–H and O–H groups in total. The molecule has 0 aliphatic heterocycles. The summed E-state index contributed by atoms with van der Waals surface area (Å²) in [5, 5.41) is 23.2. The van der Waals surface area contributed by atoms with Crippen molar-refractivity contribution in [1.82, 2.24) is 5.32 Å². The van der Waals surface area contributed by atoms with E-state index in [4.69, 9.17) is 0 Å². The minimum Gasteiger partial charge on any atom is -0.394 e. The van der Waals surface area contributed by atoms with Crippen molar-refractivity contribution in [3.8, 4) is 0 Å². The summed E-state index contributed by atoms with van der Waals surface area (Å²) in [5.41, 5.74) is 0. The van der Waals surface area contributed by atoms with Gasteiger partial charge >= 0.3 is 0 Å². The van der Waals surface area contributed by atoms with Crippen molar-refractivity contribution in [2.24, 2.45) is 0 Å². The number of carbonyl (C=O) groups excluding carboxylic acids is 1. The fraction of sp³-hybridized carbons (Fsp3) is 0.845. The Morgan fingerprint density at radius 2 is 0.560 bits per heavy atom. The summed E-state index contributed by atoms with van der Waals surface area (Å²) in [4.78, 5) is 12.5. The second-order valence-corrected chi connectivity index (χ2v) is 23.2. The predicted molar refractivity (Wildman–Crippen MR) is 336 cm³/mol. The molecular weight excluding hydrogens is 915 g/mol. The summed E-state index contributed by atoms with van der Waals surface area (Å²) >= 11 is 0. The van der Waals surface area contributed by atoms with Gasteiger partial charge in [-0.1, -0.05) is 351 Å². The molecule has 4 nitrogen and oxygen atoms in total. The van der Waals surface area contributed by atoms with Crippen LogP contribution in [0.2, 0.25) is 0 Å². The molecule has 75 heavy (non-hydrogen) atoms. The van der Waals surface area contributed by atoms with Crippen LogP contribution in [-0.4, -0.2) is 34.9 Å². The number of hydrogen-bond acceptors (Lipinski definition) is 3. The molecule has 0 saturated carbocycles. The SMILES string of the molecule is CCCCCCC/C=C\C/C=C\C/C=C\CCCCCCCCCCCCCCCCCCCCCCCCC(=O)NC(CO)C(O)/C=C/CC/C=C/CCCCCCCCCCCCCCCCCCCCCC. The summed E-state index contributed by atoms with van der Waals surface area (Å²) in [6.45, 7) is 4.32. The molecule has 4 heteroatoms. The van der Waals surface area contributed by atoms with Gasteiger partial charge in [0.05, 0.1) is 18.8 Å². The Morgan fingerprint density at radius 1 is 0.320 bits per heavy atom. The molecular formula is C71H133NO3. The van der Waals surface area contributed by atoms with E-state index in [-0.39, 0.29) is 12.5 Å². The number of allylic oxidation sites excluding steroid dienone is 9. The molecule has 0 radical (unpaired) electrons. The second-order valence-electron chi connectivity index (χ2n) is 23.2. The topological polar surface area (TPSA) is 69.6 Å². The normalized spacial score (nSPS) is 13.1. The highest BCUT2D eigenvalue weighted by Crippen LogP contribution is 2.18. The average molecular weight is 1050 g/mol. The molecule has 0 rings (SSSR count). The first kappa shape index (κ1) is 73.1. The summed E-state index contributed by atoms with van der Waals surface area (Å²) in [6.07, 6.45) is 94.4. The smallest absolute Gasteiger partial charge is 0.220 e. The van der Waals surface area contributed by atoms with Crippen LogP contribution in [0.25, 0.3) is 0 Å². The largest absolute Gasteiger partial charge is 0.394 e. The number of aliphatic hydroxyl groups is 2. The zero-order valence-corrected chi connectivity index (χ0v) is 50.8. The van der Waals surface area contributed by atoms with Crippen LogP contribution in [-0.2, 0) is 4.79 Å². The molecule has 440 valence electrons. The Morgan fingerprint density at radius 3 is 0.867 bits per heavy atom. The van der Waals surface area contributed by atoms with Crippen molar-refractivity contribution < 1.29 is 15.0 Å². The molecule has 0 aromatic rings. The molecule has 0 aliphatic carbocycles. The van der Waals surface area contributed by atoms with E-state index in [0.717, 1.165) is 44.9 Å². The lowest BCUT2D eigenvalue weighted by Crippen LogP contribution is -2.45. The van der Waals surface area contributed by atoms with E-state index in [9.17, 15) is 15.0 Å². The van der Waals surface area contributed by atoms with Crippen LogP contribution in [0.4, 0.5) is 0 Å². The molecule has 0 aliphatic rings.